The molecular formula is C22H13ClFN3O3. The van der Waals surface area contributed by atoms with Crippen molar-refractivity contribution in [2.45, 2.75) is 0 Å². The van der Waals surface area contributed by atoms with E-state index >= 15 is 0 Å². The van der Waals surface area contributed by atoms with Crippen LogP contribution in [0.25, 0.3) is 6.08 Å². The second-order valence-electron chi connectivity index (χ2n) is 6.44. The number of hydrogen-bond donors (Lipinski definition) is 0. The number of aliphatic imine (C=N–C) groups is 1. The van der Waals surface area contributed by atoms with Gasteiger partial charge in [0.1, 0.15) is 17.3 Å². The summed E-state index contributed by atoms with van der Waals surface area (Å²) < 4.78 is 13.4. The third-order valence-electron chi connectivity index (χ3n) is 4.45. The SMILES string of the molecule is O=C1/C(=C\c2ccc([N+](=O)[O-])cc2)N=C(c2ccc(F)cc2)N1c1ccc(Cl)cc1. The second kappa shape index (κ2) is 7.88. The minimum absolute atomic E-state index is 0.0480. The summed E-state index contributed by atoms with van der Waals surface area (Å²) in [6.45, 7) is 0. The Balaban J connectivity index is 1.78. The lowest BCUT2D eigenvalue weighted by Crippen LogP contribution is -2.32. The third kappa shape index (κ3) is 3.83. The Bertz CT molecular complexity index is 1190. The quantitative estimate of drug-likeness (QED) is 0.329. The van der Waals surface area contributed by atoms with Crippen LogP contribution in [0.1, 0.15) is 11.1 Å². The molecule has 30 heavy (non-hydrogen) atoms. The molecule has 0 radical (unpaired) electrons. The zero-order valence-electron chi connectivity index (χ0n) is 15.3. The molecule has 0 saturated heterocycles. The first-order valence-electron chi connectivity index (χ1n) is 8.83. The van der Waals surface area contributed by atoms with Gasteiger partial charge in [-0.1, -0.05) is 11.6 Å². The number of benzene rings is 3. The molecule has 6 nitrogen and oxygen atoms in total. The molecule has 1 aliphatic rings. The molecule has 0 aromatic heterocycles. The Morgan fingerprint density at radius 1 is 0.967 bits per heavy atom. The summed E-state index contributed by atoms with van der Waals surface area (Å²) >= 11 is 5.96. The highest BCUT2D eigenvalue weighted by molar-refractivity contribution is 6.33. The van der Waals surface area contributed by atoms with Crippen molar-refractivity contribution in [1.82, 2.24) is 0 Å². The molecule has 8 heteroatoms. The monoisotopic (exact) mass is 421 g/mol. The molecule has 148 valence electrons. The van der Waals surface area contributed by atoms with Gasteiger partial charge >= 0.3 is 0 Å². The zero-order chi connectivity index (χ0) is 21.3. The molecule has 0 atom stereocenters. The standard InChI is InChI=1S/C22H13ClFN3O3/c23-16-5-11-18(12-6-16)26-21(15-3-7-17(24)8-4-15)25-20(22(26)28)13-14-1-9-19(10-2-14)27(29)30/h1-13H/b20-13+. The highest BCUT2D eigenvalue weighted by Crippen LogP contribution is 2.29. The first-order valence-corrected chi connectivity index (χ1v) is 9.21. The van der Waals surface area contributed by atoms with Gasteiger partial charge in [-0.3, -0.25) is 19.8 Å². The van der Waals surface area contributed by atoms with Gasteiger partial charge in [0, 0.05) is 22.7 Å². The van der Waals surface area contributed by atoms with Gasteiger partial charge in [0.15, 0.2) is 0 Å². The van der Waals surface area contributed by atoms with Gasteiger partial charge in [0.25, 0.3) is 11.6 Å². The van der Waals surface area contributed by atoms with Crippen LogP contribution in [0, 0.1) is 15.9 Å². The number of rotatable bonds is 4. The Morgan fingerprint density at radius 2 is 1.60 bits per heavy atom. The van der Waals surface area contributed by atoms with Crippen LogP contribution in [-0.2, 0) is 4.79 Å². The smallest absolute Gasteiger partial charge is 0.266 e. The van der Waals surface area contributed by atoms with Gasteiger partial charge in [-0.05, 0) is 72.3 Å². The Morgan fingerprint density at radius 3 is 2.20 bits per heavy atom. The normalized spacial score (nSPS) is 14.9. The Kier molecular flexibility index (Phi) is 5.12. The highest BCUT2D eigenvalue weighted by Gasteiger charge is 2.32. The van der Waals surface area contributed by atoms with E-state index in [0.29, 0.717) is 27.7 Å². The lowest BCUT2D eigenvalue weighted by atomic mass is 10.1. The van der Waals surface area contributed by atoms with Crippen LogP contribution in [0.3, 0.4) is 0 Å². The number of amides is 1. The van der Waals surface area contributed by atoms with Crippen LogP contribution >= 0.6 is 11.6 Å². The molecule has 0 fully saturated rings. The van der Waals surface area contributed by atoms with Gasteiger partial charge in [-0.25, -0.2) is 9.38 Å². The fraction of sp³-hybridized carbons (Fsp3) is 0. The highest BCUT2D eigenvalue weighted by atomic mass is 35.5. The number of non-ortho nitro benzene ring substituents is 1. The Labute approximate surface area is 175 Å². The number of nitro groups is 1. The molecule has 0 aliphatic carbocycles. The lowest BCUT2D eigenvalue weighted by molar-refractivity contribution is -0.384. The summed E-state index contributed by atoms with van der Waals surface area (Å²) in [7, 11) is 0. The summed E-state index contributed by atoms with van der Waals surface area (Å²) in [5.41, 5.74) is 1.81. The lowest BCUT2D eigenvalue weighted by Gasteiger charge is -2.18. The number of anilines is 1. The number of nitro benzene ring substituents is 1. The van der Waals surface area contributed by atoms with Crippen molar-refractivity contribution in [2.75, 3.05) is 4.90 Å². The van der Waals surface area contributed by atoms with Gasteiger partial charge in [-0.2, -0.15) is 0 Å². The molecule has 3 aromatic rings. The molecule has 4 rings (SSSR count). The topological polar surface area (TPSA) is 75.8 Å². The number of nitrogens with zero attached hydrogens (tertiary/aromatic N) is 3. The molecule has 3 aromatic carbocycles. The number of hydrogen-bond acceptors (Lipinski definition) is 4. The van der Waals surface area contributed by atoms with Crippen molar-refractivity contribution in [3.63, 3.8) is 0 Å². The maximum absolute atomic E-state index is 13.4. The van der Waals surface area contributed by atoms with E-state index in [1.807, 2.05) is 0 Å². The van der Waals surface area contributed by atoms with E-state index in [9.17, 15) is 19.3 Å². The molecule has 0 N–H and O–H groups in total. The van der Waals surface area contributed by atoms with Crippen LogP contribution in [0.2, 0.25) is 5.02 Å². The van der Waals surface area contributed by atoms with Crippen molar-refractivity contribution in [1.29, 1.82) is 0 Å². The number of carbonyl (C=O) groups is 1. The molecule has 1 amide bonds. The minimum atomic E-state index is -0.495. The fourth-order valence-corrected chi connectivity index (χ4v) is 3.12. The first kappa shape index (κ1) is 19.5. The molecule has 1 heterocycles. The van der Waals surface area contributed by atoms with Crippen molar-refractivity contribution in [3.8, 4) is 0 Å². The van der Waals surface area contributed by atoms with Crippen molar-refractivity contribution in [2.24, 2.45) is 4.99 Å². The summed E-state index contributed by atoms with van der Waals surface area (Å²) in [4.78, 5) is 29.4. The average Bonchev–Trinajstić information content (AvgIpc) is 3.06. The second-order valence-corrected chi connectivity index (χ2v) is 6.87. The maximum Gasteiger partial charge on any atom is 0.282 e. The van der Waals surface area contributed by atoms with E-state index in [1.54, 1.807) is 42.5 Å². The van der Waals surface area contributed by atoms with Gasteiger partial charge in [-0.15, -0.1) is 0 Å². The van der Waals surface area contributed by atoms with Crippen molar-refractivity contribution >= 4 is 40.8 Å². The van der Waals surface area contributed by atoms with E-state index in [4.69, 9.17) is 11.6 Å². The van der Waals surface area contributed by atoms with E-state index in [0.717, 1.165) is 0 Å². The summed E-state index contributed by atoms with van der Waals surface area (Å²) in [6.07, 6.45) is 1.55. The fourth-order valence-electron chi connectivity index (χ4n) is 2.99. The van der Waals surface area contributed by atoms with Crippen LogP contribution in [-0.4, -0.2) is 16.7 Å². The van der Waals surface area contributed by atoms with E-state index in [-0.39, 0.29) is 17.3 Å². The van der Waals surface area contributed by atoms with Gasteiger partial charge in [0.2, 0.25) is 0 Å². The van der Waals surface area contributed by atoms with Crippen LogP contribution in [0.15, 0.2) is 83.5 Å². The molecule has 0 bridgehead atoms. The zero-order valence-corrected chi connectivity index (χ0v) is 16.1. The predicted octanol–water partition coefficient (Wildman–Crippen LogP) is 5.22. The summed E-state index contributed by atoms with van der Waals surface area (Å²) in [5.74, 6) is -0.436. The van der Waals surface area contributed by atoms with Gasteiger partial charge in [0.05, 0.1) is 10.6 Å². The Hall–Kier alpha value is -3.84. The van der Waals surface area contributed by atoms with E-state index in [2.05, 4.69) is 4.99 Å². The number of halogens is 2. The van der Waals surface area contributed by atoms with Crippen LogP contribution in [0.5, 0.6) is 0 Å². The summed E-state index contributed by atoms with van der Waals surface area (Å²) in [6, 6.07) is 18.1. The minimum Gasteiger partial charge on any atom is -0.266 e. The predicted molar refractivity (Wildman–Crippen MR) is 113 cm³/mol. The summed E-state index contributed by atoms with van der Waals surface area (Å²) in [5, 5.41) is 11.3. The van der Waals surface area contributed by atoms with E-state index in [1.165, 1.54) is 41.3 Å². The largest absolute Gasteiger partial charge is 0.282 e. The molecule has 0 saturated carbocycles. The maximum atomic E-state index is 13.4. The third-order valence-corrected chi connectivity index (χ3v) is 4.71. The molecule has 1 aliphatic heterocycles. The van der Waals surface area contributed by atoms with Crippen LogP contribution < -0.4 is 4.90 Å². The number of carbonyl (C=O) groups excluding carboxylic acids is 1. The van der Waals surface area contributed by atoms with Gasteiger partial charge < -0.3 is 0 Å². The average molecular weight is 422 g/mol. The molecule has 0 spiro atoms. The number of amidine groups is 1. The van der Waals surface area contributed by atoms with E-state index < -0.39 is 10.7 Å². The van der Waals surface area contributed by atoms with Crippen molar-refractivity contribution in [3.05, 3.63) is 111 Å². The first-order chi connectivity index (χ1) is 14.4. The van der Waals surface area contributed by atoms with Crippen molar-refractivity contribution < 1.29 is 14.1 Å². The molecule has 0 unspecified atom stereocenters. The van der Waals surface area contributed by atoms with Crippen LogP contribution in [0.4, 0.5) is 15.8 Å². The molecular weight excluding hydrogens is 409 g/mol.